The quantitative estimate of drug-likeness (QED) is 0.458. The molecule has 0 saturated carbocycles. The van der Waals surface area contributed by atoms with Crippen LogP contribution in [0.15, 0.2) is 30.3 Å². The number of carbonyl (C=O) groups excluding carboxylic acids is 1. The van der Waals surface area contributed by atoms with Gasteiger partial charge in [0, 0.05) is 6.54 Å². The standard InChI is InChI=1S/C18H24N2O5.Na.2H2O.H/c1-12(16(21)20-11-5-8-15(20)18(24)25)19-14(17(22)23)10-9-13-6-3-2-4-7-13;;;;/h2-4,6-7,12,14-15,19H,5,8-11H2,1H3,(H,22,23)(H,24,25);;2*1H2;/t12-,14-,15-;;;;/m0..../s1. The molecule has 0 unspecified atom stereocenters. The van der Waals surface area contributed by atoms with Crippen LogP contribution in [-0.2, 0) is 20.8 Å². The number of carboxylic acids is 2. The van der Waals surface area contributed by atoms with E-state index in [9.17, 15) is 24.6 Å². The summed E-state index contributed by atoms with van der Waals surface area (Å²) in [7, 11) is 0. The van der Waals surface area contributed by atoms with Gasteiger partial charge in [-0.1, -0.05) is 30.3 Å². The summed E-state index contributed by atoms with van der Waals surface area (Å²) in [5.41, 5.74) is 1.03. The number of nitrogens with zero attached hydrogens (tertiary/aromatic N) is 1. The molecule has 7 N–H and O–H groups in total. The maximum atomic E-state index is 12.5. The minimum absolute atomic E-state index is 0. The molecule has 0 aliphatic carbocycles. The predicted molar refractivity (Wildman–Crippen MR) is 106 cm³/mol. The van der Waals surface area contributed by atoms with Crippen LogP contribution in [0.5, 0.6) is 0 Å². The molecule has 3 atom stereocenters. The van der Waals surface area contributed by atoms with Crippen molar-refractivity contribution in [3.63, 3.8) is 0 Å². The van der Waals surface area contributed by atoms with Gasteiger partial charge in [0.2, 0.25) is 5.91 Å². The Morgan fingerprint density at radius 2 is 1.79 bits per heavy atom. The number of hydrogen-bond acceptors (Lipinski definition) is 4. The fourth-order valence-electron chi connectivity index (χ4n) is 3.14. The molecule has 1 aliphatic heterocycles. The van der Waals surface area contributed by atoms with E-state index in [-0.39, 0.29) is 46.4 Å². The first kappa shape index (κ1) is 28.7. The van der Waals surface area contributed by atoms with Gasteiger partial charge in [-0.2, -0.15) is 0 Å². The molecule has 1 saturated heterocycles. The van der Waals surface area contributed by atoms with E-state index in [1.807, 2.05) is 30.3 Å². The molecule has 10 heteroatoms. The average molecular weight is 408 g/mol. The first-order valence-electron chi connectivity index (χ1n) is 8.46. The zero-order valence-corrected chi connectivity index (χ0v) is 15.2. The molecule has 1 amide bonds. The van der Waals surface area contributed by atoms with Crippen molar-refractivity contribution < 1.29 is 35.5 Å². The summed E-state index contributed by atoms with van der Waals surface area (Å²) in [5.74, 6) is -2.40. The van der Waals surface area contributed by atoms with Crippen LogP contribution in [-0.4, -0.2) is 98.1 Å². The van der Waals surface area contributed by atoms with E-state index in [1.54, 1.807) is 6.92 Å². The molecule has 1 fully saturated rings. The van der Waals surface area contributed by atoms with Gasteiger partial charge >= 0.3 is 41.5 Å². The van der Waals surface area contributed by atoms with Crippen molar-refractivity contribution in [2.24, 2.45) is 0 Å². The second-order valence-corrected chi connectivity index (χ2v) is 6.33. The normalized spacial score (nSPS) is 17.3. The van der Waals surface area contributed by atoms with Gasteiger partial charge in [0.1, 0.15) is 12.1 Å². The summed E-state index contributed by atoms with van der Waals surface area (Å²) < 4.78 is 0. The Morgan fingerprint density at radius 3 is 2.32 bits per heavy atom. The second kappa shape index (κ2) is 13.6. The zero-order chi connectivity index (χ0) is 18.4. The molecule has 154 valence electrons. The van der Waals surface area contributed by atoms with Gasteiger partial charge in [-0.25, -0.2) is 4.79 Å². The Hall–Kier alpha value is -1.49. The molecule has 0 spiro atoms. The van der Waals surface area contributed by atoms with Gasteiger partial charge in [-0.3, -0.25) is 14.9 Å². The molecule has 28 heavy (non-hydrogen) atoms. The monoisotopic (exact) mass is 408 g/mol. The van der Waals surface area contributed by atoms with E-state index in [0.717, 1.165) is 5.56 Å². The number of hydrogen-bond donors (Lipinski definition) is 3. The van der Waals surface area contributed by atoms with Crippen LogP contribution >= 0.6 is 0 Å². The molecule has 1 heterocycles. The van der Waals surface area contributed by atoms with Crippen LogP contribution in [0.1, 0.15) is 31.7 Å². The van der Waals surface area contributed by atoms with E-state index in [0.29, 0.717) is 32.2 Å². The van der Waals surface area contributed by atoms with Gasteiger partial charge in [-0.15, -0.1) is 0 Å². The number of carboxylic acid groups (broad SMARTS) is 2. The van der Waals surface area contributed by atoms with Crippen LogP contribution in [0.3, 0.4) is 0 Å². The summed E-state index contributed by atoms with van der Waals surface area (Å²) in [4.78, 5) is 36.5. The zero-order valence-electron chi connectivity index (χ0n) is 15.2. The SMILES string of the molecule is C[C@H](N[C@@H](CCc1ccccc1)C(=O)O)C(=O)N1CCC[C@H]1C(=O)O.O.O.[NaH]. The summed E-state index contributed by atoms with van der Waals surface area (Å²) in [6.45, 7) is 1.97. The Kier molecular flexibility index (Phi) is 14.0. The number of benzene rings is 1. The summed E-state index contributed by atoms with van der Waals surface area (Å²) >= 11 is 0. The van der Waals surface area contributed by atoms with Crippen molar-refractivity contribution in [2.75, 3.05) is 6.54 Å². The number of nitrogens with one attached hydrogen (secondary N) is 1. The van der Waals surface area contributed by atoms with Crippen LogP contribution < -0.4 is 5.32 Å². The molecule has 0 bridgehead atoms. The number of aryl methyl sites for hydroxylation is 1. The molecule has 9 nitrogen and oxygen atoms in total. The van der Waals surface area contributed by atoms with Crippen LogP contribution in [0.2, 0.25) is 0 Å². The van der Waals surface area contributed by atoms with E-state index in [4.69, 9.17) is 0 Å². The molecule has 1 aliphatic rings. The Balaban J connectivity index is 0. The second-order valence-electron chi connectivity index (χ2n) is 6.33. The number of aliphatic carboxylic acids is 2. The van der Waals surface area contributed by atoms with Crippen molar-refractivity contribution in [1.82, 2.24) is 10.2 Å². The van der Waals surface area contributed by atoms with Crippen molar-refractivity contribution in [3.05, 3.63) is 35.9 Å². The van der Waals surface area contributed by atoms with E-state index < -0.39 is 30.1 Å². The Bertz CT molecular complexity index is 630. The fraction of sp³-hybridized carbons (Fsp3) is 0.500. The van der Waals surface area contributed by atoms with E-state index >= 15 is 0 Å². The van der Waals surface area contributed by atoms with Crippen molar-refractivity contribution in [3.8, 4) is 0 Å². The third-order valence-corrected chi connectivity index (χ3v) is 4.51. The van der Waals surface area contributed by atoms with Gasteiger partial charge < -0.3 is 26.1 Å². The molecule has 0 radical (unpaired) electrons. The molecular weight excluding hydrogens is 379 g/mol. The third kappa shape index (κ3) is 7.86. The van der Waals surface area contributed by atoms with Crippen molar-refractivity contribution >= 4 is 47.4 Å². The summed E-state index contributed by atoms with van der Waals surface area (Å²) in [6.07, 6.45) is 2.00. The van der Waals surface area contributed by atoms with E-state index in [2.05, 4.69) is 5.32 Å². The molecule has 1 aromatic rings. The number of amides is 1. The van der Waals surface area contributed by atoms with Crippen molar-refractivity contribution in [2.45, 2.75) is 50.7 Å². The number of carbonyl (C=O) groups is 3. The van der Waals surface area contributed by atoms with Gasteiger partial charge in [0.25, 0.3) is 0 Å². The topological polar surface area (TPSA) is 170 Å². The Morgan fingerprint density at radius 1 is 1.18 bits per heavy atom. The first-order chi connectivity index (χ1) is 11.9. The predicted octanol–water partition coefficient (Wildman–Crippen LogP) is -1.17. The maximum absolute atomic E-state index is 12.5. The molecular formula is C18H29N2NaO7. The summed E-state index contributed by atoms with van der Waals surface area (Å²) in [6, 6.07) is 7.09. The average Bonchev–Trinajstić information content (AvgIpc) is 3.08. The van der Waals surface area contributed by atoms with Crippen LogP contribution in [0.4, 0.5) is 0 Å². The van der Waals surface area contributed by atoms with Crippen LogP contribution in [0, 0.1) is 0 Å². The molecule has 1 aromatic carbocycles. The fourth-order valence-corrected chi connectivity index (χ4v) is 3.14. The van der Waals surface area contributed by atoms with Gasteiger partial charge in [0.05, 0.1) is 6.04 Å². The number of rotatable bonds is 8. The summed E-state index contributed by atoms with van der Waals surface area (Å²) in [5, 5.41) is 21.4. The van der Waals surface area contributed by atoms with Crippen LogP contribution in [0.25, 0.3) is 0 Å². The van der Waals surface area contributed by atoms with Crippen molar-refractivity contribution in [1.29, 1.82) is 0 Å². The Labute approximate surface area is 186 Å². The van der Waals surface area contributed by atoms with Gasteiger partial charge in [-0.05, 0) is 38.2 Å². The first-order valence-corrected chi connectivity index (χ1v) is 8.46. The molecule has 2 rings (SSSR count). The molecule has 0 aromatic heterocycles. The minimum atomic E-state index is -1.02. The van der Waals surface area contributed by atoms with Gasteiger partial charge in [0.15, 0.2) is 0 Å². The third-order valence-electron chi connectivity index (χ3n) is 4.51. The number of likely N-dealkylation sites (tertiary alicyclic amines) is 1. The van der Waals surface area contributed by atoms with E-state index in [1.165, 1.54) is 4.90 Å².